The normalized spacial score (nSPS) is 26.5. The van der Waals surface area contributed by atoms with Gasteiger partial charge in [0.05, 0.1) is 11.8 Å². The zero-order chi connectivity index (χ0) is 14.2. The zero-order valence-corrected chi connectivity index (χ0v) is 13.7. The molecule has 0 amide bonds. The van der Waals surface area contributed by atoms with E-state index in [0.29, 0.717) is 12.1 Å². The SMILES string of the molecule is CC(O)c1ccc(N2CC(C)N(C)C(C)C2)c(Br)c1. The molecular formula is C15H23BrN2O. The molecule has 0 aromatic heterocycles. The fourth-order valence-electron chi connectivity index (χ4n) is 2.64. The average Bonchev–Trinajstić information content (AvgIpc) is 2.35. The first-order chi connectivity index (χ1) is 8.90. The Morgan fingerprint density at radius 2 is 1.84 bits per heavy atom. The number of rotatable bonds is 2. The molecule has 1 N–H and O–H groups in total. The lowest BCUT2D eigenvalue weighted by atomic mass is 10.1. The maximum atomic E-state index is 9.63. The van der Waals surface area contributed by atoms with Gasteiger partial charge in [0.25, 0.3) is 0 Å². The second-order valence-electron chi connectivity index (χ2n) is 5.66. The first-order valence-corrected chi connectivity index (χ1v) is 7.64. The van der Waals surface area contributed by atoms with Crippen molar-refractivity contribution in [3.8, 4) is 0 Å². The molecule has 1 aromatic rings. The lowest BCUT2D eigenvalue weighted by Crippen LogP contribution is -2.55. The summed E-state index contributed by atoms with van der Waals surface area (Å²) in [4.78, 5) is 4.85. The fourth-order valence-corrected chi connectivity index (χ4v) is 3.29. The number of aliphatic hydroxyl groups excluding tert-OH is 1. The summed E-state index contributed by atoms with van der Waals surface area (Å²) in [7, 11) is 2.19. The smallest absolute Gasteiger partial charge is 0.0762 e. The number of anilines is 1. The van der Waals surface area contributed by atoms with Crippen molar-refractivity contribution in [2.24, 2.45) is 0 Å². The van der Waals surface area contributed by atoms with Crippen molar-refractivity contribution >= 4 is 21.6 Å². The van der Waals surface area contributed by atoms with Gasteiger partial charge >= 0.3 is 0 Å². The molecule has 1 fully saturated rings. The Bertz CT molecular complexity index is 438. The number of hydrogen-bond donors (Lipinski definition) is 1. The van der Waals surface area contributed by atoms with Gasteiger partial charge in [0.1, 0.15) is 0 Å². The van der Waals surface area contributed by atoms with Gasteiger partial charge in [-0.05, 0) is 61.4 Å². The van der Waals surface area contributed by atoms with E-state index in [1.807, 2.05) is 12.1 Å². The van der Waals surface area contributed by atoms with Gasteiger partial charge in [-0.15, -0.1) is 0 Å². The molecular weight excluding hydrogens is 304 g/mol. The predicted molar refractivity (Wildman–Crippen MR) is 83.7 cm³/mol. The summed E-state index contributed by atoms with van der Waals surface area (Å²) in [6, 6.07) is 7.24. The van der Waals surface area contributed by atoms with E-state index in [1.54, 1.807) is 6.92 Å². The topological polar surface area (TPSA) is 26.7 Å². The highest BCUT2D eigenvalue weighted by Gasteiger charge is 2.27. The van der Waals surface area contributed by atoms with E-state index >= 15 is 0 Å². The number of hydrogen-bond acceptors (Lipinski definition) is 3. The largest absolute Gasteiger partial charge is 0.389 e. The maximum absolute atomic E-state index is 9.63. The van der Waals surface area contributed by atoms with Crippen molar-refractivity contribution in [2.75, 3.05) is 25.0 Å². The number of nitrogens with zero attached hydrogens (tertiary/aromatic N) is 2. The number of aliphatic hydroxyl groups is 1. The first kappa shape index (κ1) is 14.8. The maximum Gasteiger partial charge on any atom is 0.0762 e. The average molecular weight is 327 g/mol. The highest BCUT2D eigenvalue weighted by atomic mass is 79.9. The molecule has 0 saturated carbocycles. The van der Waals surface area contributed by atoms with Crippen LogP contribution in [0, 0.1) is 0 Å². The van der Waals surface area contributed by atoms with Crippen LogP contribution in [0.4, 0.5) is 5.69 Å². The molecule has 1 aliphatic rings. The third-order valence-electron chi connectivity index (χ3n) is 4.15. The van der Waals surface area contributed by atoms with Crippen LogP contribution < -0.4 is 4.90 Å². The van der Waals surface area contributed by atoms with Crippen LogP contribution in [-0.2, 0) is 0 Å². The Morgan fingerprint density at radius 3 is 2.32 bits per heavy atom. The molecule has 1 aliphatic heterocycles. The molecule has 1 aromatic carbocycles. The number of halogens is 1. The van der Waals surface area contributed by atoms with Crippen LogP contribution in [0.15, 0.2) is 22.7 Å². The van der Waals surface area contributed by atoms with Gasteiger partial charge in [0.15, 0.2) is 0 Å². The van der Waals surface area contributed by atoms with Gasteiger partial charge in [-0.1, -0.05) is 6.07 Å². The van der Waals surface area contributed by atoms with E-state index < -0.39 is 6.10 Å². The molecule has 2 rings (SSSR count). The van der Waals surface area contributed by atoms with Crippen molar-refractivity contribution < 1.29 is 5.11 Å². The van der Waals surface area contributed by atoms with Gasteiger partial charge in [-0.2, -0.15) is 0 Å². The van der Waals surface area contributed by atoms with Crippen molar-refractivity contribution in [2.45, 2.75) is 39.0 Å². The van der Waals surface area contributed by atoms with E-state index in [4.69, 9.17) is 0 Å². The highest BCUT2D eigenvalue weighted by Crippen LogP contribution is 2.31. The minimum absolute atomic E-state index is 0.421. The molecule has 0 aliphatic carbocycles. The van der Waals surface area contributed by atoms with Gasteiger partial charge in [0.2, 0.25) is 0 Å². The third kappa shape index (κ3) is 3.12. The predicted octanol–water partition coefficient (Wildman–Crippen LogP) is 3.03. The Morgan fingerprint density at radius 1 is 1.26 bits per heavy atom. The summed E-state index contributed by atoms with van der Waals surface area (Å²) in [6.45, 7) is 8.39. The van der Waals surface area contributed by atoms with Crippen LogP contribution in [0.1, 0.15) is 32.4 Å². The van der Waals surface area contributed by atoms with Crippen LogP contribution in [0.5, 0.6) is 0 Å². The van der Waals surface area contributed by atoms with Crippen LogP contribution in [-0.4, -0.2) is 42.2 Å². The molecule has 3 atom stereocenters. The Labute approximate surface area is 124 Å². The summed E-state index contributed by atoms with van der Waals surface area (Å²) in [5.41, 5.74) is 2.17. The highest BCUT2D eigenvalue weighted by molar-refractivity contribution is 9.10. The summed E-state index contributed by atoms with van der Waals surface area (Å²) in [5.74, 6) is 0. The van der Waals surface area contributed by atoms with Crippen LogP contribution in [0.3, 0.4) is 0 Å². The Balaban J connectivity index is 2.23. The van der Waals surface area contributed by atoms with E-state index in [2.05, 4.69) is 52.7 Å². The summed E-state index contributed by atoms with van der Waals surface area (Å²) in [5, 5.41) is 9.63. The molecule has 106 valence electrons. The molecule has 0 radical (unpaired) electrons. The molecule has 1 heterocycles. The number of benzene rings is 1. The van der Waals surface area contributed by atoms with Crippen LogP contribution >= 0.6 is 15.9 Å². The van der Waals surface area contributed by atoms with Crippen LogP contribution in [0.2, 0.25) is 0 Å². The lowest BCUT2D eigenvalue weighted by Gasteiger charge is -2.43. The van der Waals surface area contributed by atoms with E-state index in [9.17, 15) is 5.11 Å². The van der Waals surface area contributed by atoms with Crippen molar-refractivity contribution in [1.29, 1.82) is 0 Å². The Kier molecular flexibility index (Phi) is 4.54. The van der Waals surface area contributed by atoms with Gasteiger partial charge in [-0.25, -0.2) is 0 Å². The third-order valence-corrected chi connectivity index (χ3v) is 4.79. The fraction of sp³-hybridized carbons (Fsp3) is 0.600. The lowest BCUT2D eigenvalue weighted by molar-refractivity contribution is 0.170. The molecule has 4 heteroatoms. The zero-order valence-electron chi connectivity index (χ0n) is 12.1. The minimum Gasteiger partial charge on any atom is -0.389 e. The minimum atomic E-state index is -0.421. The molecule has 3 unspecified atom stereocenters. The van der Waals surface area contributed by atoms with Crippen LogP contribution in [0.25, 0.3) is 0 Å². The van der Waals surface area contributed by atoms with Gasteiger partial charge < -0.3 is 10.0 Å². The van der Waals surface area contributed by atoms with E-state index in [-0.39, 0.29) is 0 Å². The van der Waals surface area contributed by atoms with Gasteiger partial charge in [-0.3, -0.25) is 4.90 Å². The van der Waals surface area contributed by atoms with Crippen molar-refractivity contribution in [3.05, 3.63) is 28.2 Å². The molecule has 1 saturated heterocycles. The van der Waals surface area contributed by atoms with Crippen molar-refractivity contribution in [1.82, 2.24) is 4.90 Å². The summed E-state index contributed by atoms with van der Waals surface area (Å²) < 4.78 is 1.06. The van der Waals surface area contributed by atoms with Gasteiger partial charge in [0, 0.05) is 29.6 Å². The number of piperazine rings is 1. The standard InChI is InChI=1S/C15H23BrN2O/c1-10-8-18(9-11(2)17(10)4)15-6-5-13(12(3)19)7-14(15)16/h5-7,10-12,19H,8-9H2,1-4H3. The van der Waals surface area contributed by atoms with E-state index in [0.717, 1.165) is 23.1 Å². The van der Waals surface area contributed by atoms with Crippen molar-refractivity contribution in [3.63, 3.8) is 0 Å². The first-order valence-electron chi connectivity index (χ1n) is 6.84. The summed E-state index contributed by atoms with van der Waals surface area (Å²) >= 11 is 3.64. The number of likely N-dealkylation sites (N-methyl/N-ethyl adjacent to an activating group) is 1. The second kappa shape index (κ2) is 5.81. The summed E-state index contributed by atoms with van der Waals surface area (Å²) in [6.07, 6.45) is -0.421. The molecule has 0 bridgehead atoms. The Hall–Kier alpha value is -0.580. The monoisotopic (exact) mass is 326 g/mol. The molecule has 3 nitrogen and oxygen atoms in total. The molecule has 0 spiro atoms. The molecule has 19 heavy (non-hydrogen) atoms. The second-order valence-corrected chi connectivity index (χ2v) is 6.51. The quantitative estimate of drug-likeness (QED) is 0.904. The van der Waals surface area contributed by atoms with E-state index in [1.165, 1.54) is 5.69 Å².